The maximum Gasteiger partial charge on any atom is 0.125 e. The zero-order chi connectivity index (χ0) is 15.0. The second-order valence-electron chi connectivity index (χ2n) is 4.53. The van der Waals surface area contributed by atoms with Crippen LogP contribution >= 0.6 is 39.1 Å². The first-order valence-corrected chi connectivity index (χ1v) is 7.99. The zero-order valence-electron chi connectivity index (χ0n) is 10.8. The summed E-state index contributed by atoms with van der Waals surface area (Å²) in [4.78, 5) is 4.57. The Morgan fingerprint density at radius 3 is 2.76 bits per heavy atom. The van der Waals surface area contributed by atoms with Crippen LogP contribution in [0.4, 0.5) is 4.39 Å². The largest absolute Gasteiger partial charge is 0.295 e. The Kier molecular flexibility index (Phi) is 4.20. The van der Waals surface area contributed by atoms with Crippen LogP contribution in [0.15, 0.2) is 40.9 Å². The van der Waals surface area contributed by atoms with Crippen molar-refractivity contribution in [2.75, 3.05) is 5.88 Å². The van der Waals surface area contributed by atoms with E-state index in [9.17, 15) is 4.39 Å². The van der Waals surface area contributed by atoms with E-state index in [1.54, 1.807) is 6.07 Å². The molecule has 0 saturated heterocycles. The van der Waals surface area contributed by atoms with Gasteiger partial charge < -0.3 is 0 Å². The number of aromatic nitrogens is 2. The van der Waals surface area contributed by atoms with Gasteiger partial charge in [0.2, 0.25) is 0 Å². The van der Waals surface area contributed by atoms with Gasteiger partial charge >= 0.3 is 0 Å². The highest BCUT2D eigenvalue weighted by molar-refractivity contribution is 9.10. The molecular weight excluding hydrogens is 378 g/mol. The molecule has 21 heavy (non-hydrogen) atoms. The summed E-state index contributed by atoms with van der Waals surface area (Å²) in [5.41, 5.74) is 2.24. The molecule has 0 amide bonds. The molecule has 1 aromatic heterocycles. The van der Waals surface area contributed by atoms with E-state index in [1.165, 1.54) is 12.1 Å². The van der Waals surface area contributed by atoms with Crippen LogP contribution in [0.25, 0.3) is 16.7 Å². The molecule has 0 bridgehead atoms. The summed E-state index contributed by atoms with van der Waals surface area (Å²) in [7, 11) is 0. The van der Waals surface area contributed by atoms with Gasteiger partial charge in [0.1, 0.15) is 11.6 Å². The molecule has 0 fully saturated rings. The van der Waals surface area contributed by atoms with Gasteiger partial charge in [-0.3, -0.25) is 4.57 Å². The average molecular weight is 388 g/mol. The molecule has 0 aliphatic rings. The minimum absolute atomic E-state index is 0.344. The fourth-order valence-corrected chi connectivity index (χ4v) is 3.00. The number of benzene rings is 2. The second kappa shape index (κ2) is 5.95. The van der Waals surface area contributed by atoms with Crippen LogP contribution in [0.2, 0.25) is 5.02 Å². The smallest absolute Gasteiger partial charge is 0.125 e. The fraction of sp³-hybridized carbons (Fsp3) is 0.133. The fourth-order valence-electron chi connectivity index (χ4n) is 2.28. The third-order valence-electron chi connectivity index (χ3n) is 3.15. The number of rotatable bonds is 3. The number of imidazole rings is 1. The Labute approximate surface area is 139 Å². The van der Waals surface area contributed by atoms with Gasteiger partial charge in [-0.2, -0.15) is 0 Å². The molecule has 108 valence electrons. The average Bonchev–Trinajstić information content (AvgIpc) is 2.79. The van der Waals surface area contributed by atoms with Gasteiger partial charge in [0.05, 0.1) is 21.7 Å². The van der Waals surface area contributed by atoms with Crippen molar-refractivity contribution >= 4 is 50.2 Å². The Bertz CT molecular complexity index is 817. The van der Waals surface area contributed by atoms with E-state index in [0.717, 1.165) is 21.3 Å². The molecule has 0 N–H and O–H groups in total. The summed E-state index contributed by atoms with van der Waals surface area (Å²) in [5.74, 6) is 0.839. The molecule has 0 spiro atoms. The van der Waals surface area contributed by atoms with Gasteiger partial charge in [0.25, 0.3) is 0 Å². The van der Waals surface area contributed by atoms with Gasteiger partial charge in [0.15, 0.2) is 0 Å². The lowest BCUT2D eigenvalue weighted by Crippen LogP contribution is -2.03. The topological polar surface area (TPSA) is 17.8 Å². The third-order valence-corrected chi connectivity index (χ3v) is 4.16. The van der Waals surface area contributed by atoms with Crippen molar-refractivity contribution in [1.82, 2.24) is 9.55 Å². The van der Waals surface area contributed by atoms with Gasteiger partial charge in [0, 0.05) is 16.8 Å². The number of aryl methyl sites for hydroxylation is 1. The minimum Gasteiger partial charge on any atom is -0.295 e. The van der Waals surface area contributed by atoms with Crippen LogP contribution in [0.1, 0.15) is 5.82 Å². The molecule has 3 rings (SSSR count). The lowest BCUT2D eigenvalue weighted by Gasteiger charge is -2.11. The second-order valence-corrected chi connectivity index (χ2v) is 6.23. The highest BCUT2D eigenvalue weighted by Crippen LogP contribution is 2.29. The zero-order valence-corrected chi connectivity index (χ0v) is 13.9. The first-order chi connectivity index (χ1) is 10.1. The Hall–Kier alpha value is -1.10. The normalized spacial score (nSPS) is 11.2. The van der Waals surface area contributed by atoms with Crippen molar-refractivity contribution in [2.24, 2.45) is 0 Å². The van der Waals surface area contributed by atoms with E-state index < -0.39 is 0 Å². The molecule has 0 unspecified atom stereocenters. The van der Waals surface area contributed by atoms with Crippen LogP contribution < -0.4 is 0 Å². The van der Waals surface area contributed by atoms with Gasteiger partial charge in [-0.25, -0.2) is 9.37 Å². The van der Waals surface area contributed by atoms with Crippen LogP contribution in [0.3, 0.4) is 0 Å². The first-order valence-electron chi connectivity index (χ1n) is 6.28. The Morgan fingerprint density at radius 2 is 2.00 bits per heavy atom. The number of hydrogen-bond donors (Lipinski definition) is 0. The highest BCUT2D eigenvalue weighted by Gasteiger charge is 2.15. The van der Waals surface area contributed by atoms with Crippen molar-refractivity contribution in [3.8, 4) is 5.69 Å². The predicted molar refractivity (Wildman–Crippen MR) is 88.2 cm³/mol. The molecule has 6 heteroatoms. The predicted octanol–water partition coefficient (Wildman–Crippen LogP) is 5.36. The molecular formula is C15H10BrCl2FN2. The van der Waals surface area contributed by atoms with Crippen molar-refractivity contribution in [1.29, 1.82) is 0 Å². The molecule has 0 aliphatic heterocycles. The van der Waals surface area contributed by atoms with Gasteiger partial charge in [-0.05, 0) is 36.4 Å². The molecule has 2 nitrogen and oxygen atoms in total. The maximum atomic E-state index is 13.6. The molecule has 0 atom stereocenters. The first kappa shape index (κ1) is 14.8. The molecule has 0 saturated carbocycles. The van der Waals surface area contributed by atoms with Crippen molar-refractivity contribution < 1.29 is 4.39 Å². The summed E-state index contributed by atoms with van der Waals surface area (Å²) in [6.45, 7) is 0. The minimum atomic E-state index is -0.344. The van der Waals surface area contributed by atoms with E-state index in [2.05, 4.69) is 20.9 Å². The number of fused-ring (bicyclic) bond motifs is 1. The summed E-state index contributed by atoms with van der Waals surface area (Å²) in [5, 5.41) is 0.464. The molecule has 0 aliphatic carbocycles. The van der Waals surface area contributed by atoms with Crippen molar-refractivity contribution in [3.63, 3.8) is 0 Å². The monoisotopic (exact) mass is 386 g/mol. The van der Waals surface area contributed by atoms with E-state index in [4.69, 9.17) is 23.2 Å². The molecule has 2 aromatic carbocycles. The number of halogens is 4. The third kappa shape index (κ3) is 2.80. The van der Waals surface area contributed by atoms with E-state index in [0.29, 0.717) is 23.0 Å². The van der Waals surface area contributed by atoms with Crippen LogP contribution in [0, 0.1) is 5.82 Å². The Morgan fingerprint density at radius 1 is 1.19 bits per heavy atom. The number of alkyl halides is 1. The van der Waals surface area contributed by atoms with E-state index >= 15 is 0 Å². The van der Waals surface area contributed by atoms with Crippen LogP contribution in [0.5, 0.6) is 0 Å². The summed E-state index contributed by atoms with van der Waals surface area (Å²) < 4.78 is 16.4. The van der Waals surface area contributed by atoms with Crippen LogP contribution in [-0.4, -0.2) is 15.4 Å². The SMILES string of the molecule is Fc1ccc(Cl)c(-n2c(CCCl)nc3ccc(Br)cc32)c1. The van der Waals surface area contributed by atoms with Crippen molar-refractivity contribution in [3.05, 3.63) is 57.5 Å². The van der Waals surface area contributed by atoms with Crippen molar-refractivity contribution in [2.45, 2.75) is 6.42 Å². The standard InChI is InChI=1S/C15H10BrCl2FN2/c16-9-1-4-12-14(7-9)21(15(20-12)5-6-17)13-8-10(19)2-3-11(13)18/h1-4,7-8H,5-6H2. The maximum absolute atomic E-state index is 13.6. The molecule has 3 aromatic rings. The molecule has 1 heterocycles. The number of hydrogen-bond acceptors (Lipinski definition) is 1. The van der Waals surface area contributed by atoms with E-state index in [1.807, 2.05) is 22.8 Å². The van der Waals surface area contributed by atoms with Gasteiger partial charge in [-0.1, -0.05) is 27.5 Å². The quantitative estimate of drug-likeness (QED) is 0.553. The van der Waals surface area contributed by atoms with Gasteiger partial charge in [-0.15, -0.1) is 11.6 Å². The highest BCUT2D eigenvalue weighted by atomic mass is 79.9. The summed E-state index contributed by atoms with van der Waals surface area (Å²) >= 11 is 15.5. The number of nitrogens with zero attached hydrogens (tertiary/aromatic N) is 2. The molecule has 0 radical (unpaired) electrons. The summed E-state index contributed by atoms with van der Waals surface area (Å²) in [6.07, 6.45) is 0.570. The van der Waals surface area contributed by atoms with Crippen LogP contribution in [-0.2, 0) is 6.42 Å². The Balaban J connectivity index is 2.35. The van der Waals surface area contributed by atoms with E-state index in [-0.39, 0.29) is 5.82 Å². The lowest BCUT2D eigenvalue weighted by molar-refractivity contribution is 0.626. The lowest BCUT2D eigenvalue weighted by atomic mass is 10.2. The summed E-state index contributed by atoms with van der Waals surface area (Å²) in [6, 6.07) is 10.0.